The first-order valence-corrected chi connectivity index (χ1v) is 6.24. The van der Waals surface area contributed by atoms with Crippen LogP contribution in [0.2, 0.25) is 0 Å². The maximum Gasteiger partial charge on any atom is 0.259 e. The Labute approximate surface area is 113 Å². The molecule has 1 aromatic carbocycles. The molecule has 5 heteroatoms. The fourth-order valence-electron chi connectivity index (χ4n) is 1.65. The zero-order valence-corrected chi connectivity index (χ0v) is 11.7. The molecule has 0 bridgehead atoms. The van der Waals surface area contributed by atoms with Gasteiger partial charge >= 0.3 is 0 Å². The van der Waals surface area contributed by atoms with Crippen molar-refractivity contribution in [1.82, 2.24) is 10.2 Å². The third-order valence-electron chi connectivity index (χ3n) is 2.44. The SMILES string of the molecule is Cc1n[nH]c(C)c1C(=O)Nc1cccc(I)c1. The summed E-state index contributed by atoms with van der Waals surface area (Å²) in [5.41, 5.74) is 2.90. The number of benzene rings is 1. The number of nitrogens with zero attached hydrogens (tertiary/aromatic N) is 1. The standard InChI is InChI=1S/C12H12IN3O/c1-7-11(8(2)16-15-7)12(17)14-10-5-3-4-9(13)6-10/h3-6H,1-2H3,(H,14,17)(H,15,16). The molecule has 88 valence electrons. The number of hydrogen-bond acceptors (Lipinski definition) is 2. The van der Waals surface area contributed by atoms with Crippen LogP contribution >= 0.6 is 22.6 Å². The highest BCUT2D eigenvalue weighted by atomic mass is 127. The first-order chi connectivity index (χ1) is 8.08. The molecule has 0 aliphatic heterocycles. The van der Waals surface area contributed by atoms with Gasteiger partial charge < -0.3 is 5.32 Å². The van der Waals surface area contributed by atoms with Crippen LogP contribution in [0.1, 0.15) is 21.7 Å². The normalized spacial score (nSPS) is 10.3. The summed E-state index contributed by atoms with van der Waals surface area (Å²) in [4.78, 5) is 12.1. The first kappa shape index (κ1) is 12.1. The fraction of sp³-hybridized carbons (Fsp3) is 0.167. The lowest BCUT2D eigenvalue weighted by atomic mass is 10.2. The van der Waals surface area contributed by atoms with Gasteiger partial charge in [-0.05, 0) is 54.6 Å². The molecule has 2 N–H and O–H groups in total. The Bertz CT molecular complexity index is 543. The highest BCUT2D eigenvalue weighted by molar-refractivity contribution is 14.1. The maximum absolute atomic E-state index is 12.1. The molecule has 1 aromatic heterocycles. The highest BCUT2D eigenvalue weighted by Gasteiger charge is 2.15. The molecule has 2 aromatic rings. The number of amides is 1. The van der Waals surface area contributed by atoms with E-state index in [1.807, 2.05) is 38.1 Å². The van der Waals surface area contributed by atoms with Crippen molar-refractivity contribution in [2.75, 3.05) is 5.32 Å². The van der Waals surface area contributed by atoms with E-state index in [0.29, 0.717) is 11.3 Å². The Morgan fingerprint density at radius 3 is 2.76 bits per heavy atom. The Hall–Kier alpha value is -1.37. The molecule has 4 nitrogen and oxygen atoms in total. The summed E-state index contributed by atoms with van der Waals surface area (Å²) in [6.07, 6.45) is 0. The molecule has 0 aliphatic carbocycles. The average Bonchev–Trinajstić information content (AvgIpc) is 2.58. The number of halogens is 1. The van der Waals surface area contributed by atoms with Crippen LogP contribution in [0.3, 0.4) is 0 Å². The molecule has 0 atom stereocenters. The van der Waals surface area contributed by atoms with Gasteiger partial charge in [0.15, 0.2) is 0 Å². The molecule has 1 amide bonds. The molecule has 2 rings (SSSR count). The van der Waals surface area contributed by atoms with Crippen molar-refractivity contribution in [2.45, 2.75) is 13.8 Å². The van der Waals surface area contributed by atoms with E-state index in [-0.39, 0.29) is 5.91 Å². The summed E-state index contributed by atoms with van der Waals surface area (Å²) in [6, 6.07) is 7.67. The Morgan fingerprint density at radius 2 is 2.18 bits per heavy atom. The van der Waals surface area contributed by atoms with Gasteiger partial charge in [0, 0.05) is 15.0 Å². The topological polar surface area (TPSA) is 57.8 Å². The predicted molar refractivity (Wildman–Crippen MR) is 75.2 cm³/mol. The van der Waals surface area contributed by atoms with Crippen LogP contribution in [-0.4, -0.2) is 16.1 Å². The number of rotatable bonds is 2. The molecule has 17 heavy (non-hydrogen) atoms. The van der Waals surface area contributed by atoms with Gasteiger partial charge in [0.1, 0.15) is 0 Å². The molecule has 0 aliphatic rings. The molecule has 0 unspecified atom stereocenters. The largest absolute Gasteiger partial charge is 0.322 e. The van der Waals surface area contributed by atoms with Crippen LogP contribution in [0.4, 0.5) is 5.69 Å². The Kier molecular flexibility index (Phi) is 3.46. The van der Waals surface area contributed by atoms with E-state index < -0.39 is 0 Å². The van der Waals surface area contributed by atoms with Crippen LogP contribution in [-0.2, 0) is 0 Å². The second-order valence-corrected chi connectivity index (χ2v) is 5.02. The van der Waals surface area contributed by atoms with Gasteiger partial charge in [0.05, 0.1) is 11.3 Å². The number of H-pyrrole nitrogens is 1. The summed E-state index contributed by atoms with van der Waals surface area (Å²) in [6.45, 7) is 3.65. The zero-order valence-electron chi connectivity index (χ0n) is 9.54. The third-order valence-corrected chi connectivity index (χ3v) is 3.11. The van der Waals surface area contributed by atoms with Gasteiger partial charge in [-0.25, -0.2) is 0 Å². The summed E-state index contributed by atoms with van der Waals surface area (Å²) in [7, 11) is 0. The van der Waals surface area contributed by atoms with Crippen molar-refractivity contribution in [3.05, 3.63) is 44.8 Å². The minimum absolute atomic E-state index is 0.129. The molecular weight excluding hydrogens is 329 g/mol. The number of nitrogens with one attached hydrogen (secondary N) is 2. The quantitative estimate of drug-likeness (QED) is 0.826. The number of hydrogen-bond donors (Lipinski definition) is 2. The lowest BCUT2D eigenvalue weighted by molar-refractivity contribution is 0.102. The van der Waals surface area contributed by atoms with Gasteiger partial charge in [-0.1, -0.05) is 6.07 Å². The van der Waals surface area contributed by atoms with E-state index in [2.05, 4.69) is 38.1 Å². The van der Waals surface area contributed by atoms with Crippen LogP contribution in [0, 0.1) is 17.4 Å². The second kappa shape index (κ2) is 4.87. The Balaban J connectivity index is 2.23. The van der Waals surface area contributed by atoms with Gasteiger partial charge in [0.2, 0.25) is 0 Å². The maximum atomic E-state index is 12.1. The van der Waals surface area contributed by atoms with Crippen LogP contribution in [0.5, 0.6) is 0 Å². The smallest absolute Gasteiger partial charge is 0.259 e. The molecule has 0 radical (unpaired) electrons. The number of aromatic nitrogens is 2. The van der Waals surface area contributed by atoms with Gasteiger partial charge in [-0.3, -0.25) is 9.89 Å². The summed E-state index contributed by atoms with van der Waals surface area (Å²) in [5, 5.41) is 9.67. The van der Waals surface area contributed by atoms with E-state index in [0.717, 1.165) is 15.0 Å². The van der Waals surface area contributed by atoms with Gasteiger partial charge in [-0.15, -0.1) is 0 Å². The second-order valence-electron chi connectivity index (χ2n) is 3.77. The zero-order chi connectivity index (χ0) is 12.4. The number of aryl methyl sites for hydroxylation is 2. The van der Waals surface area contributed by atoms with Gasteiger partial charge in [0.25, 0.3) is 5.91 Å². The van der Waals surface area contributed by atoms with Crippen molar-refractivity contribution < 1.29 is 4.79 Å². The van der Waals surface area contributed by atoms with Crippen molar-refractivity contribution in [2.24, 2.45) is 0 Å². The summed E-state index contributed by atoms with van der Waals surface area (Å²) in [5.74, 6) is -0.129. The fourth-order valence-corrected chi connectivity index (χ4v) is 2.19. The molecule has 0 saturated heterocycles. The van der Waals surface area contributed by atoms with E-state index in [1.54, 1.807) is 0 Å². The first-order valence-electron chi connectivity index (χ1n) is 5.16. The van der Waals surface area contributed by atoms with E-state index >= 15 is 0 Å². The lowest BCUT2D eigenvalue weighted by Crippen LogP contribution is -2.13. The average molecular weight is 341 g/mol. The van der Waals surface area contributed by atoms with E-state index in [4.69, 9.17) is 0 Å². The van der Waals surface area contributed by atoms with E-state index in [9.17, 15) is 4.79 Å². The Morgan fingerprint density at radius 1 is 1.41 bits per heavy atom. The predicted octanol–water partition coefficient (Wildman–Crippen LogP) is 2.88. The van der Waals surface area contributed by atoms with Crippen molar-refractivity contribution >= 4 is 34.2 Å². The summed E-state index contributed by atoms with van der Waals surface area (Å²) >= 11 is 2.21. The number of anilines is 1. The minimum atomic E-state index is -0.129. The summed E-state index contributed by atoms with van der Waals surface area (Å²) < 4.78 is 1.08. The molecular formula is C12H12IN3O. The molecule has 0 fully saturated rings. The van der Waals surface area contributed by atoms with Crippen LogP contribution < -0.4 is 5.32 Å². The molecule has 1 heterocycles. The van der Waals surface area contributed by atoms with Gasteiger partial charge in [-0.2, -0.15) is 5.10 Å². The van der Waals surface area contributed by atoms with E-state index in [1.165, 1.54) is 0 Å². The molecule has 0 spiro atoms. The van der Waals surface area contributed by atoms with Crippen molar-refractivity contribution in [3.63, 3.8) is 0 Å². The lowest BCUT2D eigenvalue weighted by Gasteiger charge is -2.05. The van der Waals surface area contributed by atoms with Crippen molar-refractivity contribution in [1.29, 1.82) is 0 Å². The molecule has 0 saturated carbocycles. The minimum Gasteiger partial charge on any atom is -0.322 e. The van der Waals surface area contributed by atoms with Crippen LogP contribution in [0.15, 0.2) is 24.3 Å². The highest BCUT2D eigenvalue weighted by Crippen LogP contribution is 2.15. The number of aromatic amines is 1. The number of carbonyl (C=O) groups is 1. The third kappa shape index (κ3) is 2.66. The monoisotopic (exact) mass is 341 g/mol. The van der Waals surface area contributed by atoms with Crippen molar-refractivity contribution in [3.8, 4) is 0 Å². The van der Waals surface area contributed by atoms with Crippen LogP contribution in [0.25, 0.3) is 0 Å². The number of carbonyl (C=O) groups excluding carboxylic acids is 1.